The van der Waals surface area contributed by atoms with Crippen LogP contribution in [0.1, 0.15) is 23.7 Å². The van der Waals surface area contributed by atoms with Gasteiger partial charge in [-0.2, -0.15) is 10.5 Å². The fourth-order valence-corrected chi connectivity index (χ4v) is 3.07. The van der Waals surface area contributed by atoms with Gasteiger partial charge in [0.2, 0.25) is 0 Å². The van der Waals surface area contributed by atoms with Gasteiger partial charge in [-0.1, -0.05) is 12.1 Å². The van der Waals surface area contributed by atoms with Crippen molar-refractivity contribution in [2.45, 2.75) is 19.5 Å². The summed E-state index contributed by atoms with van der Waals surface area (Å²) < 4.78 is 14.3. The number of benzene rings is 1. The molecular formula is C18H17FN6. The number of anilines is 1. The molecule has 0 bridgehead atoms. The summed E-state index contributed by atoms with van der Waals surface area (Å²) in [6.45, 7) is 4.56. The molecule has 0 amide bonds. The van der Waals surface area contributed by atoms with Gasteiger partial charge in [0.15, 0.2) is 11.5 Å². The van der Waals surface area contributed by atoms with Gasteiger partial charge in [0.25, 0.3) is 0 Å². The Balaban J connectivity index is 1.73. The van der Waals surface area contributed by atoms with Crippen LogP contribution in [0.5, 0.6) is 0 Å². The molecule has 0 saturated carbocycles. The van der Waals surface area contributed by atoms with Crippen molar-refractivity contribution in [3.8, 4) is 12.1 Å². The van der Waals surface area contributed by atoms with Gasteiger partial charge in [-0.25, -0.2) is 14.4 Å². The van der Waals surface area contributed by atoms with E-state index in [0.29, 0.717) is 43.3 Å². The van der Waals surface area contributed by atoms with Crippen molar-refractivity contribution in [3.63, 3.8) is 0 Å². The zero-order chi connectivity index (χ0) is 17.8. The van der Waals surface area contributed by atoms with Gasteiger partial charge in [0.1, 0.15) is 18.0 Å². The van der Waals surface area contributed by atoms with Gasteiger partial charge in [0.05, 0.1) is 5.56 Å². The van der Waals surface area contributed by atoms with E-state index in [1.54, 1.807) is 18.3 Å². The van der Waals surface area contributed by atoms with E-state index in [2.05, 4.69) is 27.9 Å². The Labute approximate surface area is 145 Å². The van der Waals surface area contributed by atoms with Gasteiger partial charge in [-0.05, 0) is 13.0 Å². The average molecular weight is 336 g/mol. The molecule has 1 fully saturated rings. The zero-order valence-electron chi connectivity index (χ0n) is 13.9. The van der Waals surface area contributed by atoms with Crippen molar-refractivity contribution in [3.05, 3.63) is 53.2 Å². The van der Waals surface area contributed by atoms with Crippen molar-refractivity contribution in [2.75, 3.05) is 24.5 Å². The van der Waals surface area contributed by atoms with Crippen LogP contribution in [-0.4, -0.2) is 40.5 Å². The molecule has 1 aliphatic rings. The van der Waals surface area contributed by atoms with Gasteiger partial charge in [-0.3, -0.25) is 4.90 Å². The number of nitriles is 2. The number of nitrogens with zero attached hydrogens (tertiary/aromatic N) is 6. The summed E-state index contributed by atoms with van der Waals surface area (Å²) in [5, 5.41) is 18.1. The molecule has 2 aromatic rings. The quantitative estimate of drug-likeness (QED) is 0.854. The first-order valence-electron chi connectivity index (χ1n) is 8.01. The van der Waals surface area contributed by atoms with E-state index in [1.807, 2.05) is 11.0 Å². The monoisotopic (exact) mass is 336 g/mol. The highest BCUT2D eigenvalue weighted by molar-refractivity contribution is 5.50. The first-order chi connectivity index (χ1) is 12.1. The van der Waals surface area contributed by atoms with Gasteiger partial charge in [-0.15, -0.1) is 0 Å². The molecule has 1 saturated heterocycles. The largest absolute Gasteiger partial charge is 0.351 e. The van der Waals surface area contributed by atoms with E-state index >= 15 is 0 Å². The smallest absolute Gasteiger partial charge is 0.183 e. The van der Waals surface area contributed by atoms with Crippen molar-refractivity contribution in [2.24, 2.45) is 0 Å². The lowest BCUT2D eigenvalue weighted by Crippen LogP contribution is -2.52. The van der Waals surface area contributed by atoms with Crippen LogP contribution in [0.2, 0.25) is 0 Å². The Hall–Kier alpha value is -3.03. The van der Waals surface area contributed by atoms with Crippen LogP contribution in [0.15, 0.2) is 30.6 Å². The summed E-state index contributed by atoms with van der Waals surface area (Å²) in [6, 6.07) is 9.00. The number of piperazine rings is 1. The van der Waals surface area contributed by atoms with E-state index in [1.165, 1.54) is 12.3 Å². The summed E-state index contributed by atoms with van der Waals surface area (Å²) in [4.78, 5) is 12.5. The summed E-state index contributed by atoms with van der Waals surface area (Å²) in [5.41, 5.74) is 0.912. The third kappa shape index (κ3) is 3.42. The maximum atomic E-state index is 14.3. The highest BCUT2D eigenvalue weighted by atomic mass is 19.1. The predicted molar refractivity (Wildman–Crippen MR) is 89.9 cm³/mol. The summed E-state index contributed by atoms with van der Waals surface area (Å²) in [7, 11) is 0. The molecule has 7 heteroatoms. The molecule has 3 rings (SSSR count). The van der Waals surface area contributed by atoms with Gasteiger partial charge < -0.3 is 4.90 Å². The number of rotatable bonds is 3. The van der Waals surface area contributed by atoms with Crippen LogP contribution in [0.25, 0.3) is 0 Å². The highest BCUT2D eigenvalue weighted by Crippen LogP contribution is 2.22. The Morgan fingerprint density at radius 2 is 2.00 bits per heavy atom. The molecule has 2 heterocycles. The van der Waals surface area contributed by atoms with Crippen molar-refractivity contribution < 1.29 is 4.39 Å². The normalized spacial score (nSPS) is 17.8. The summed E-state index contributed by atoms with van der Waals surface area (Å²) >= 11 is 0. The van der Waals surface area contributed by atoms with E-state index in [-0.39, 0.29) is 11.6 Å². The Morgan fingerprint density at radius 3 is 2.72 bits per heavy atom. The molecular weight excluding hydrogens is 319 g/mol. The van der Waals surface area contributed by atoms with Gasteiger partial charge >= 0.3 is 0 Å². The first kappa shape index (κ1) is 16.8. The van der Waals surface area contributed by atoms with E-state index in [0.717, 1.165) is 0 Å². The number of hydrogen-bond donors (Lipinski definition) is 0. The lowest BCUT2D eigenvalue weighted by Gasteiger charge is -2.40. The maximum Gasteiger partial charge on any atom is 0.183 e. The second-order valence-corrected chi connectivity index (χ2v) is 6.00. The van der Waals surface area contributed by atoms with Crippen molar-refractivity contribution in [1.29, 1.82) is 10.5 Å². The average Bonchev–Trinajstić information content (AvgIpc) is 2.65. The molecule has 0 N–H and O–H groups in total. The second-order valence-electron chi connectivity index (χ2n) is 6.00. The van der Waals surface area contributed by atoms with Crippen molar-refractivity contribution >= 4 is 5.82 Å². The molecule has 0 aliphatic carbocycles. The van der Waals surface area contributed by atoms with Gasteiger partial charge in [0, 0.05) is 50.2 Å². The van der Waals surface area contributed by atoms with Crippen LogP contribution >= 0.6 is 0 Å². The molecule has 126 valence electrons. The van der Waals surface area contributed by atoms with Crippen LogP contribution in [0.3, 0.4) is 0 Å². The Morgan fingerprint density at radius 1 is 1.20 bits per heavy atom. The molecule has 25 heavy (non-hydrogen) atoms. The fourth-order valence-electron chi connectivity index (χ4n) is 3.07. The maximum absolute atomic E-state index is 14.3. The molecule has 0 radical (unpaired) electrons. The van der Waals surface area contributed by atoms with Crippen LogP contribution in [0, 0.1) is 28.5 Å². The van der Waals surface area contributed by atoms with Crippen LogP contribution in [-0.2, 0) is 6.54 Å². The molecule has 6 nitrogen and oxygen atoms in total. The van der Waals surface area contributed by atoms with E-state index < -0.39 is 5.82 Å². The third-order valence-electron chi connectivity index (χ3n) is 4.42. The topological polar surface area (TPSA) is 79.8 Å². The second kappa shape index (κ2) is 7.25. The molecule has 1 aliphatic heterocycles. The lowest BCUT2D eigenvalue weighted by atomic mass is 10.1. The SMILES string of the molecule is CC1CN(c2nccnc2C#N)CCN1Cc1cccc(C#N)c1F. The zero-order valence-corrected chi connectivity index (χ0v) is 13.9. The lowest BCUT2D eigenvalue weighted by molar-refractivity contribution is 0.178. The Kier molecular flexibility index (Phi) is 4.87. The minimum Gasteiger partial charge on any atom is -0.351 e. The van der Waals surface area contributed by atoms with Crippen molar-refractivity contribution in [1.82, 2.24) is 14.9 Å². The molecule has 1 aromatic carbocycles. The number of halogens is 1. The minimum atomic E-state index is -0.444. The van der Waals surface area contributed by atoms with Crippen LogP contribution < -0.4 is 4.90 Å². The standard InChI is InChI=1S/C18H17FN6/c1-13-11-25(18-16(10-21)22-5-6-23-18)8-7-24(13)12-15-4-2-3-14(9-20)17(15)19/h2-6,13H,7-8,11-12H2,1H3. The molecule has 0 spiro atoms. The first-order valence-corrected chi connectivity index (χ1v) is 8.01. The predicted octanol–water partition coefficient (Wildman–Crippen LogP) is 2.07. The number of aromatic nitrogens is 2. The van der Waals surface area contributed by atoms with Crippen LogP contribution in [0.4, 0.5) is 10.2 Å². The van der Waals surface area contributed by atoms with E-state index in [4.69, 9.17) is 5.26 Å². The van der Waals surface area contributed by atoms with E-state index in [9.17, 15) is 9.65 Å². The molecule has 1 unspecified atom stereocenters. The molecule has 1 aromatic heterocycles. The highest BCUT2D eigenvalue weighted by Gasteiger charge is 2.27. The summed E-state index contributed by atoms with van der Waals surface area (Å²) in [6.07, 6.45) is 3.09. The Bertz CT molecular complexity index is 853. The number of hydrogen-bond acceptors (Lipinski definition) is 6. The molecule has 1 atom stereocenters. The summed E-state index contributed by atoms with van der Waals surface area (Å²) in [5.74, 6) is 0.148. The fraction of sp³-hybridized carbons (Fsp3) is 0.333. The minimum absolute atomic E-state index is 0.0713. The third-order valence-corrected chi connectivity index (χ3v) is 4.42.